The maximum atomic E-state index is 15.4. The molecule has 0 atom stereocenters. The summed E-state index contributed by atoms with van der Waals surface area (Å²) in [6, 6.07) is 15.4. The molecule has 1 saturated carbocycles. The largest absolute Gasteiger partial charge is 0.573 e. The third-order valence-electron chi connectivity index (χ3n) is 6.46. The fourth-order valence-electron chi connectivity index (χ4n) is 4.36. The number of pyridine rings is 3. The Labute approximate surface area is 224 Å². The van der Waals surface area contributed by atoms with Crippen LogP contribution in [-0.4, -0.2) is 30.9 Å². The van der Waals surface area contributed by atoms with Crippen LogP contribution in [0.5, 0.6) is 5.75 Å². The summed E-state index contributed by atoms with van der Waals surface area (Å²) >= 11 is 0. The van der Waals surface area contributed by atoms with Gasteiger partial charge in [0.2, 0.25) is 5.82 Å². The molecule has 12 heteroatoms. The minimum atomic E-state index is -4.82. The molecule has 0 aliphatic heterocycles. The zero-order chi connectivity index (χ0) is 27.9. The zero-order valence-electron chi connectivity index (χ0n) is 20.6. The molecule has 1 aliphatic rings. The van der Waals surface area contributed by atoms with Crippen LogP contribution in [0.1, 0.15) is 36.0 Å². The smallest absolute Gasteiger partial charge is 0.406 e. The summed E-state index contributed by atoms with van der Waals surface area (Å²) in [7, 11) is 0. The van der Waals surface area contributed by atoms with E-state index in [0.717, 1.165) is 40.6 Å². The lowest BCUT2D eigenvalue weighted by molar-refractivity contribution is -0.274. The van der Waals surface area contributed by atoms with Gasteiger partial charge in [-0.05, 0) is 72.0 Å². The van der Waals surface area contributed by atoms with E-state index in [9.17, 15) is 13.2 Å². The highest BCUT2D eigenvalue weighted by atomic mass is 19.4. The molecule has 0 N–H and O–H groups in total. The van der Waals surface area contributed by atoms with Gasteiger partial charge >= 0.3 is 12.5 Å². The molecule has 0 bridgehead atoms. The molecule has 0 unspecified atom stereocenters. The number of benzene rings is 1. The van der Waals surface area contributed by atoms with Crippen LogP contribution in [0.15, 0.2) is 79.3 Å². The van der Waals surface area contributed by atoms with Crippen molar-refractivity contribution >= 4 is 5.65 Å². The van der Waals surface area contributed by atoms with Gasteiger partial charge in [0, 0.05) is 35.8 Å². The van der Waals surface area contributed by atoms with Crippen LogP contribution in [0.2, 0.25) is 0 Å². The van der Waals surface area contributed by atoms with Gasteiger partial charge in [-0.25, -0.2) is 0 Å². The monoisotopic (exact) mass is 553 g/mol. The number of rotatable bonds is 8. The first-order valence-electron chi connectivity index (χ1n) is 12.3. The molecule has 4 aromatic heterocycles. The highest BCUT2D eigenvalue weighted by molar-refractivity contribution is 5.66. The summed E-state index contributed by atoms with van der Waals surface area (Å²) in [5.41, 5.74) is 3.70. The lowest BCUT2D eigenvalue weighted by Crippen LogP contribution is -2.22. The Bertz CT molecular complexity index is 1650. The van der Waals surface area contributed by atoms with Gasteiger partial charge in [-0.3, -0.25) is 14.4 Å². The van der Waals surface area contributed by atoms with E-state index in [-0.39, 0.29) is 5.65 Å². The third-order valence-corrected chi connectivity index (χ3v) is 6.46. The fraction of sp³-hybridized carbons (Fsp3) is 0.214. The van der Waals surface area contributed by atoms with E-state index in [2.05, 4.69) is 24.9 Å². The van der Waals surface area contributed by atoms with Crippen LogP contribution >= 0.6 is 0 Å². The van der Waals surface area contributed by atoms with Gasteiger partial charge in [-0.1, -0.05) is 18.2 Å². The summed E-state index contributed by atoms with van der Waals surface area (Å²) in [4.78, 5) is 8.65. The van der Waals surface area contributed by atoms with Gasteiger partial charge in [-0.2, -0.15) is 8.78 Å². The molecule has 4 heterocycles. The molecule has 40 heavy (non-hydrogen) atoms. The first kappa shape index (κ1) is 25.8. The highest BCUT2D eigenvalue weighted by Crippen LogP contribution is 2.40. The Hall–Kier alpha value is -4.45. The van der Waals surface area contributed by atoms with Crippen molar-refractivity contribution in [3.63, 3.8) is 0 Å². The SMILES string of the molecule is FC(F)(F)Oc1ccc(-c2ccc3nnc(C(F)(F)OCc4nc(C5CC5)ccc4-c4ccncc4)n3c2)cc1. The fourth-order valence-corrected chi connectivity index (χ4v) is 4.36. The van der Waals surface area contributed by atoms with Crippen molar-refractivity contribution < 1.29 is 31.4 Å². The minimum absolute atomic E-state index is 0.144. The van der Waals surface area contributed by atoms with E-state index < -0.39 is 30.7 Å². The van der Waals surface area contributed by atoms with Crippen LogP contribution in [0.3, 0.4) is 0 Å². The van der Waals surface area contributed by atoms with Crippen molar-refractivity contribution in [1.29, 1.82) is 0 Å². The maximum absolute atomic E-state index is 15.4. The molecular weight excluding hydrogens is 533 g/mol. The zero-order valence-corrected chi connectivity index (χ0v) is 20.6. The Morgan fingerprint density at radius 1 is 0.800 bits per heavy atom. The average molecular weight is 553 g/mol. The quantitative estimate of drug-likeness (QED) is 0.195. The number of ether oxygens (including phenoxy) is 2. The number of aromatic nitrogens is 5. The Morgan fingerprint density at radius 2 is 1.52 bits per heavy atom. The minimum Gasteiger partial charge on any atom is -0.406 e. The molecule has 1 aromatic carbocycles. The summed E-state index contributed by atoms with van der Waals surface area (Å²) in [6.07, 6.45) is -2.06. The predicted molar refractivity (Wildman–Crippen MR) is 133 cm³/mol. The van der Waals surface area contributed by atoms with Crippen LogP contribution in [0.4, 0.5) is 22.0 Å². The number of hydrogen-bond donors (Lipinski definition) is 0. The number of alkyl halides is 5. The van der Waals surface area contributed by atoms with Gasteiger partial charge in [0.15, 0.2) is 5.65 Å². The van der Waals surface area contributed by atoms with Crippen molar-refractivity contribution in [2.24, 2.45) is 0 Å². The van der Waals surface area contributed by atoms with E-state index in [1.54, 1.807) is 30.6 Å². The van der Waals surface area contributed by atoms with Crippen LogP contribution in [0, 0.1) is 0 Å². The summed E-state index contributed by atoms with van der Waals surface area (Å²) in [5.74, 6) is -0.823. The van der Waals surface area contributed by atoms with Gasteiger partial charge < -0.3 is 9.47 Å². The Kier molecular flexibility index (Phi) is 6.41. The van der Waals surface area contributed by atoms with Gasteiger partial charge in [0.25, 0.3) is 0 Å². The van der Waals surface area contributed by atoms with Crippen molar-refractivity contribution in [3.8, 4) is 28.0 Å². The maximum Gasteiger partial charge on any atom is 0.573 e. The second-order valence-electron chi connectivity index (χ2n) is 9.29. The molecule has 6 rings (SSSR count). The number of fused-ring (bicyclic) bond motifs is 1. The van der Waals surface area contributed by atoms with E-state index in [1.807, 2.05) is 12.1 Å². The molecule has 5 aromatic rings. The molecule has 0 saturated heterocycles. The lowest BCUT2D eigenvalue weighted by Gasteiger charge is -2.17. The van der Waals surface area contributed by atoms with Crippen molar-refractivity contribution in [2.75, 3.05) is 0 Å². The number of halogens is 5. The summed E-state index contributed by atoms with van der Waals surface area (Å²) < 4.78 is 78.4. The lowest BCUT2D eigenvalue weighted by atomic mass is 10.0. The normalized spacial score (nSPS) is 14.0. The molecule has 0 radical (unpaired) electrons. The molecule has 1 aliphatic carbocycles. The standard InChI is InChI=1S/C28H20F5N5O2/c29-27(30,39-16-24-22(18-11-13-34-14-12-18)8-9-23(35-24)19-1-2-19)26-37-36-25-10-5-20(15-38(25)26)17-3-6-21(7-4-17)40-28(31,32)33/h3-15,19H,1-2,16H2. The van der Waals surface area contributed by atoms with Crippen LogP contribution in [0.25, 0.3) is 27.9 Å². The Morgan fingerprint density at radius 3 is 2.23 bits per heavy atom. The third kappa shape index (κ3) is 5.48. The topological polar surface area (TPSA) is 74.4 Å². The van der Waals surface area contributed by atoms with Crippen LogP contribution < -0.4 is 4.74 Å². The van der Waals surface area contributed by atoms with Gasteiger partial charge in [-0.15, -0.1) is 23.4 Å². The van der Waals surface area contributed by atoms with Crippen LogP contribution in [-0.2, 0) is 17.5 Å². The molecular formula is C28H20F5N5O2. The van der Waals surface area contributed by atoms with E-state index in [1.165, 1.54) is 24.4 Å². The average Bonchev–Trinajstić information content (AvgIpc) is 3.70. The second-order valence-corrected chi connectivity index (χ2v) is 9.29. The predicted octanol–water partition coefficient (Wildman–Crippen LogP) is 6.90. The molecule has 204 valence electrons. The van der Waals surface area contributed by atoms with Crippen molar-refractivity contribution in [3.05, 3.63) is 96.5 Å². The first-order valence-corrected chi connectivity index (χ1v) is 12.3. The molecule has 0 spiro atoms. The second kappa shape index (κ2) is 9.94. The van der Waals surface area contributed by atoms with Gasteiger partial charge in [0.05, 0.1) is 12.3 Å². The van der Waals surface area contributed by atoms with Crippen molar-refractivity contribution in [1.82, 2.24) is 24.6 Å². The summed E-state index contributed by atoms with van der Waals surface area (Å²) in [6.45, 7) is -0.486. The number of nitrogens with zero attached hydrogens (tertiary/aromatic N) is 5. The summed E-state index contributed by atoms with van der Waals surface area (Å²) in [5, 5.41) is 7.49. The first-order chi connectivity index (χ1) is 19.2. The molecule has 7 nitrogen and oxygen atoms in total. The molecule has 1 fully saturated rings. The molecule has 0 amide bonds. The van der Waals surface area contributed by atoms with E-state index in [0.29, 0.717) is 28.3 Å². The number of hydrogen-bond acceptors (Lipinski definition) is 6. The Balaban J connectivity index is 1.27. The van der Waals surface area contributed by atoms with Gasteiger partial charge in [0.1, 0.15) is 5.75 Å². The van der Waals surface area contributed by atoms with E-state index >= 15 is 8.78 Å². The highest BCUT2D eigenvalue weighted by Gasteiger charge is 2.39. The van der Waals surface area contributed by atoms with E-state index in [4.69, 9.17) is 4.74 Å². The van der Waals surface area contributed by atoms with Crippen molar-refractivity contribution in [2.45, 2.75) is 37.8 Å².